The third-order valence-electron chi connectivity index (χ3n) is 2.84. The maximum absolute atomic E-state index is 6.16. The SMILES string of the molecule is Cn1c(C2=NCCO2)cc2c(Cl)cccc21. The molecule has 0 saturated heterocycles. The molecule has 0 N–H and O–H groups in total. The quantitative estimate of drug-likeness (QED) is 0.745. The van der Waals surface area contributed by atoms with Crippen molar-refractivity contribution in [1.82, 2.24) is 4.57 Å². The van der Waals surface area contributed by atoms with Crippen LogP contribution in [0.4, 0.5) is 0 Å². The first-order valence-electron chi connectivity index (χ1n) is 5.19. The van der Waals surface area contributed by atoms with Crippen molar-refractivity contribution in [2.24, 2.45) is 12.0 Å². The lowest BCUT2D eigenvalue weighted by Gasteiger charge is -2.03. The average molecular weight is 235 g/mol. The fourth-order valence-corrected chi connectivity index (χ4v) is 2.24. The van der Waals surface area contributed by atoms with Crippen LogP contribution in [0.3, 0.4) is 0 Å². The maximum Gasteiger partial charge on any atom is 0.233 e. The lowest BCUT2D eigenvalue weighted by Crippen LogP contribution is -2.06. The van der Waals surface area contributed by atoms with Crippen LogP contribution < -0.4 is 0 Å². The Morgan fingerprint density at radius 3 is 3.00 bits per heavy atom. The van der Waals surface area contributed by atoms with Gasteiger partial charge in [0, 0.05) is 23.0 Å². The van der Waals surface area contributed by atoms with Gasteiger partial charge < -0.3 is 9.30 Å². The molecule has 0 saturated carbocycles. The normalized spacial score (nSPS) is 15.2. The second-order valence-corrected chi connectivity index (χ2v) is 4.20. The molecule has 1 aromatic heterocycles. The van der Waals surface area contributed by atoms with E-state index in [-0.39, 0.29) is 0 Å². The number of aromatic nitrogens is 1. The van der Waals surface area contributed by atoms with Crippen molar-refractivity contribution in [3.63, 3.8) is 0 Å². The van der Waals surface area contributed by atoms with Gasteiger partial charge in [-0.1, -0.05) is 17.7 Å². The van der Waals surface area contributed by atoms with Gasteiger partial charge in [-0.25, -0.2) is 4.99 Å². The van der Waals surface area contributed by atoms with Gasteiger partial charge >= 0.3 is 0 Å². The van der Waals surface area contributed by atoms with Gasteiger partial charge in [-0.15, -0.1) is 0 Å². The number of benzene rings is 1. The number of aryl methyl sites for hydroxylation is 1. The average Bonchev–Trinajstić information content (AvgIpc) is 2.88. The lowest BCUT2D eigenvalue weighted by atomic mass is 10.2. The van der Waals surface area contributed by atoms with Crippen LogP contribution in [0.5, 0.6) is 0 Å². The Bertz CT molecular complexity index is 586. The van der Waals surface area contributed by atoms with Crippen molar-refractivity contribution in [3.05, 3.63) is 35.0 Å². The molecule has 0 atom stereocenters. The van der Waals surface area contributed by atoms with Crippen LogP contribution in [-0.4, -0.2) is 23.6 Å². The van der Waals surface area contributed by atoms with Crippen molar-refractivity contribution in [2.75, 3.05) is 13.2 Å². The molecule has 0 amide bonds. The predicted octanol–water partition coefficient (Wildman–Crippen LogP) is 2.61. The summed E-state index contributed by atoms with van der Waals surface area (Å²) in [6.45, 7) is 1.41. The van der Waals surface area contributed by atoms with E-state index < -0.39 is 0 Å². The van der Waals surface area contributed by atoms with Gasteiger partial charge in [0.25, 0.3) is 0 Å². The summed E-state index contributed by atoms with van der Waals surface area (Å²) in [6.07, 6.45) is 0. The minimum absolute atomic E-state index is 0.671. The summed E-state index contributed by atoms with van der Waals surface area (Å²) in [5.41, 5.74) is 2.08. The monoisotopic (exact) mass is 234 g/mol. The molecule has 1 aliphatic rings. The molecule has 16 heavy (non-hydrogen) atoms. The second-order valence-electron chi connectivity index (χ2n) is 3.80. The molecular formula is C12H11ClN2O. The van der Waals surface area contributed by atoms with Crippen LogP contribution in [0, 0.1) is 0 Å². The van der Waals surface area contributed by atoms with Crippen molar-refractivity contribution >= 4 is 28.4 Å². The largest absolute Gasteiger partial charge is 0.474 e. The summed E-state index contributed by atoms with van der Waals surface area (Å²) < 4.78 is 7.54. The molecular weight excluding hydrogens is 224 g/mol. The highest BCUT2D eigenvalue weighted by Crippen LogP contribution is 2.27. The summed E-state index contributed by atoms with van der Waals surface area (Å²) in [7, 11) is 2.00. The molecule has 0 unspecified atom stereocenters. The third-order valence-corrected chi connectivity index (χ3v) is 3.17. The fourth-order valence-electron chi connectivity index (χ4n) is 2.02. The molecule has 0 fully saturated rings. The molecule has 0 aliphatic carbocycles. The van der Waals surface area contributed by atoms with E-state index in [9.17, 15) is 0 Å². The molecule has 0 spiro atoms. The van der Waals surface area contributed by atoms with E-state index >= 15 is 0 Å². The zero-order valence-electron chi connectivity index (χ0n) is 8.90. The van der Waals surface area contributed by atoms with Gasteiger partial charge in [-0.05, 0) is 18.2 Å². The number of ether oxygens (including phenoxy) is 1. The first-order chi connectivity index (χ1) is 7.77. The Labute approximate surface area is 98.3 Å². The maximum atomic E-state index is 6.16. The van der Waals surface area contributed by atoms with Crippen LogP contribution >= 0.6 is 11.6 Å². The van der Waals surface area contributed by atoms with E-state index in [0.29, 0.717) is 6.61 Å². The van der Waals surface area contributed by atoms with E-state index in [2.05, 4.69) is 9.56 Å². The Morgan fingerprint density at radius 1 is 1.44 bits per heavy atom. The summed E-state index contributed by atoms with van der Waals surface area (Å²) in [4.78, 5) is 4.32. The number of hydrogen-bond acceptors (Lipinski definition) is 2. The molecule has 1 aromatic carbocycles. The van der Waals surface area contributed by atoms with Gasteiger partial charge in [0.2, 0.25) is 5.90 Å². The second kappa shape index (κ2) is 3.52. The molecule has 0 bridgehead atoms. The molecule has 3 rings (SSSR count). The van der Waals surface area contributed by atoms with E-state index in [0.717, 1.165) is 34.1 Å². The lowest BCUT2D eigenvalue weighted by molar-refractivity contribution is 0.346. The van der Waals surface area contributed by atoms with E-state index in [4.69, 9.17) is 16.3 Å². The van der Waals surface area contributed by atoms with Crippen molar-refractivity contribution in [3.8, 4) is 0 Å². The molecule has 2 aromatic rings. The Hall–Kier alpha value is -1.48. The van der Waals surface area contributed by atoms with Crippen LogP contribution in [0.1, 0.15) is 5.69 Å². The molecule has 0 radical (unpaired) electrons. The van der Waals surface area contributed by atoms with Crippen LogP contribution in [-0.2, 0) is 11.8 Å². The Kier molecular flexibility index (Phi) is 2.14. The van der Waals surface area contributed by atoms with Crippen molar-refractivity contribution in [1.29, 1.82) is 0 Å². The highest BCUT2D eigenvalue weighted by atomic mass is 35.5. The number of fused-ring (bicyclic) bond motifs is 1. The highest BCUT2D eigenvalue weighted by Gasteiger charge is 2.16. The van der Waals surface area contributed by atoms with Crippen molar-refractivity contribution < 1.29 is 4.74 Å². The van der Waals surface area contributed by atoms with Gasteiger partial charge in [0.1, 0.15) is 12.3 Å². The molecule has 2 heterocycles. The molecule has 4 heteroatoms. The van der Waals surface area contributed by atoms with Gasteiger partial charge in [0.05, 0.1) is 6.54 Å². The first kappa shape index (κ1) is 9.73. The minimum Gasteiger partial charge on any atom is -0.474 e. The zero-order valence-corrected chi connectivity index (χ0v) is 9.66. The zero-order chi connectivity index (χ0) is 11.1. The third kappa shape index (κ3) is 1.32. The first-order valence-corrected chi connectivity index (χ1v) is 5.57. The fraction of sp³-hybridized carbons (Fsp3) is 0.250. The highest BCUT2D eigenvalue weighted by molar-refractivity contribution is 6.35. The Morgan fingerprint density at radius 2 is 2.31 bits per heavy atom. The predicted molar refractivity (Wildman–Crippen MR) is 65.3 cm³/mol. The van der Waals surface area contributed by atoms with Gasteiger partial charge in [0.15, 0.2) is 0 Å². The standard InChI is InChI=1S/C12H11ClN2O/c1-15-10-4-2-3-9(13)8(10)7-11(15)12-14-5-6-16-12/h2-4,7H,5-6H2,1H3. The number of nitrogens with zero attached hydrogens (tertiary/aromatic N) is 2. The van der Waals surface area contributed by atoms with E-state index in [1.807, 2.05) is 31.3 Å². The number of rotatable bonds is 1. The molecule has 82 valence electrons. The summed E-state index contributed by atoms with van der Waals surface area (Å²) >= 11 is 6.16. The van der Waals surface area contributed by atoms with Crippen molar-refractivity contribution in [2.45, 2.75) is 0 Å². The van der Waals surface area contributed by atoms with Crippen LogP contribution in [0.2, 0.25) is 5.02 Å². The topological polar surface area (TPSA) is 26.5 Å². The van der Waals surface area contributed by atoms with Crippen LogP contribution in [0.15, 0.2) is 29.3 Å². The number of halogens is 1. The van der Waals surface area contributed by atoms with E-state index in [1.54, 1.807) is 0 Å². The molecule has 1 aliphatic heterocycles. The number of hydrogen-bond donors (Lipinski definition) is 0. The summed E-state index contributed by atoms with van der Waals surface area (Å²) in [5.74, 6) is 0.717. The van der Waals surface area contributed by atoms with Crippen LogP contribution in [0.25, 0.3) is 10.9 Å². The smallest absolute Gasteiger partial charge is 0.233 e. The number of aliphatic imine (C=N–C) groups is 1. The van der Waals surface area contributed by atoms with Gasteiger partial charge in [-0.2, -0.15) is 0 Å². The molecule has 3 nitrogen and oxygen atoms in total. The summed E-state index contributed by atoms with van der Waals surface area (Å²) in [6, 6.07) is 7.92. The minimum atomic E-state index is 0.671. The summed E-state index contributed by atoms with van der Waals surface area (Å²) in [5, 5.41) is 1.80. The Balaban J connectivity index is 2.27. The van der Waals surface area contributed by atoms with Gasteiger partial charge in [-0.3, -0.25) is 0 Å². The van der Waals surface area contributed by atoms with E-state index in [1.165, 1.54) is 0 Å².